The van der Waals surface area contributed by atoms with Gasteiger partial charge in [0.2, 0.25) is 0 Å². The molecule has 6 heteroatoms. The van der Waals surface area contributed by atoms with Crippen molar-refractivity contribution in [1.29, 1.82) is 0 Å². The number of halogens is 2. The Morgan fingerprint density at radius 2 is 1.78 bits per heavy atom. The Morgan fingerprint density at radius 3 is 2.30 bits per heavy atom. The first kappa shape index (κ1) is 20.2. The monoisotopic (exact) mass is 360 g/mol. The van der Waals surface area contributed by atoms with Crippen molar-refractivity contribution in [2.45, 2.75) is 49.8 Å². The lowest BCUT2D eigenvalue weighted by Crippen LogP contribution is -2.44. The first-order valence-corrected chi connectivity index (χ1v) is 7.86. The smallest absolute Gasteiger partial charge is 0.314 e. The molecule has 4 atom stereocenters. The van der Waals surface area contributed by atoms with E-state index in [9.17, 15) is 4.79 Å². The number of esters is 1. The minimum Gasteiger partial charge on any atom is -0.462 e. The number of nitrogens with two attached hydrogens (primary N) is 1. The molecule has 0 saturated carbocycles. The molecule has 2 aliphatic rings. The van der Waals surface area contributed by atoms with Crippen molar-refractivity contribution in [3.05, 3.63) is 35.9 Å². The lowest BCUT2D eigenvalue weighted by atomic mass is 9.98. The molecule has 0 spiro atoms. The molecule has 2 N–H and O–H groups in total. The molecule has 23 heavy (non-hydrogen) atoms. The van der Waals surface area contributed by atoms with Gasteiger partial charge in [-0.3, -0.25) is 4.79 Å². The van der Waals surface area contributed by atoms with Gasteiger partial charge in [-0.25, -0.2) is 0 Å². The van der Waals surface area contributed by atoms with E-state index in [2.05, 4.69) is 11.9 Å². The number of piperidine rings is 1. The maximum atomic E-state index is 12.4. The number of nitrogens with zero attached hydrogens (tertiary/aromatic N) is 1. The Bertz CT molecular complexity index is 487. The molecular weight excluding hydrogens is 335 g/mol. The van der Waals surface area contributed by atoms with Crippen LogP contribution in [0.25, 0.3) is 0 Å². The molecule has 3 rings (SSSR count). The van der Waals surface area contributed by atoms with E-state index >= 15 is 0 Å². The van der Waals surface area contributed by atoms with E-state index in [-0.39, 0.29) is 42.8 Å². The highest BCUT2D eigenvalue weighted by Gasteiger charge is 2.40. The van der Waals surface area contributed by atoms with E-state index in [1.54, 1.807) is 0 Å². The highest BCUT2D eigenvalue weighted by atomic mass is 35.5. The largest absolute Gasteiger partial charge is 0.462 e. The van der Waals surface area contributed by atoms with Crippen LogP contribution in [0.4, 0.5) is 0 Å². The van der Waals surface area contributed by atoms with E-state index in [0.29, 0.717) is 18.6 Å². The van der Waals surface area contributed by atoms with Crippen LogP contribution in [0.2, 0.25) is 0 Å². The molecule has 2 aliphatic heterocycles. The summed E-state index contributed by atoms with van der Waals surface area (Å²) in [4.78, 5) is 14.9. The number of hydrogen-bond acceptors (Lipinski definition) is 4. The van der Waals surface area contributed by atoms with Crippen molar-refractivity contribution >= 4 is 30.8 Å². The Balaban J connectivity index is 0.00000132. The average molecular weight is 361 g/mol. The second-order valence-electron chi connectivity index (χ2n) is 6.28. The lowest BCUT2D eigenvalue weighted by molar-refractivity contribution is -0.154. The predicted octanol–water partition coefficient (Wildman–Crippen LogP) is 2.74. The van der Waals surface area contributed by atoms with E-state index in [1.807, 2.05) is 30.3 Å². The quantitative estimate of drug-likeness (QED) is 0.838. The molecule has 1 aromatic rings. The molecule has 0 aliphatic carbocycles. The van der Waals surface area contributed by atoms with Gasteiger partial charge in [-0.2, -0.15) is 0 Å². The van der Waals surface area contributed by atoms with Crippen molar-refractivity contribution in [1.82, 2.24) is 4.90 Å². The first-order chi connectivity index (χ1) is 10.2. The number of benzene rings is 1. The van der Waals surface area contributed by atoms with Crippen LogP contribution in [0.3, 0.4) is 0 Å². The Labute approximate surface area is 150 Å². The van der Waals surface area contributed by atoms with Crippen molar-refractivity contribution in [2.75, 3.05) is 13.6 Å². The summed E-state index contributed by atoms with van der Waals surface area (Å²) < 4.78 is 5.78. The number of carbonyl (C=O) groups excluding carboxylic acids is 1. The molecule has 2 bridgehead atoms. The van der Waals surface area contributed by atoms with Gasteiger partial charge in [0.15, 0.2) is 0 Å². The fraction of sp³-hybridized carbons (Fsp3) is 0.588. The summed E-state index contributed by atoms with van der Waals surface area (Å²) in [5.74, 6) is -0.513. The van der Waals surface area contributed by atoms with Gasteiger partial charge in [-0.15, -0.1) is 24.8 Å². The van der Waals surface area contributed by atoms with Crippen LogP contribution in [-0.2, 0) is 9.53 Å². The number of ether oxygens (including phenoxy) is 1. The van der Waals surface area contributed by atoms with Gasteiger partial charge in [-0.05, 0) is 38.3 Å². The van der Waals surface area contributed by atoms with Crippen LogP contribution in [0.15, 0.2) is 30.3 Å². The Morgan fingerprint density at radius 1 is 1.22 bits per heavy atom. The number of fused-ring (bicyclic) bond motifs is 2. The molecule has 2 saturated heterocycles. The van der Waals surface area contributed by atoms with Crippen LogP contribution < -0.4 is 5.73 Å². The number of carbonyl (C=O) groups is 1. The number of hydrogen-bond donors (Lipinski definition) is 1. The molecule has 4 nitrogen and oxygen atoms in total. The second kappa shape index (κ2) is 8.88. The summed E-state index contributed by atoms with van der Waals surface area (Å²) in [6, 6.07) is 10.8. The Hall–Kier alpha value is -0.810. The van der Waals surface area contributed by atoms with Crippen molar-refractivity contribution in [2.24, 2.45) is 5.73 Å². The zero-order valence-electron chi connectivity index (χ0n) is 13.4. The predicted molar refractivity (Wildman–Crippen MR) is 96.4 cm³/mol. The van der Waals surface area contributed by atoms with Gasteiger partial charge in [0.25, 0.3) is 0 Å². The third-order valence-electron chi connectivity index (χ3n) is 5.06. The molecule has 0 aromatic heterocycles. The third-order valence-corrected chi connectivity index (χ3v) is 5.06. The minimum absolute atomic E-state index is 0. The Kier molecular flexibility index (Phi) is 7.81. The van der Waals surface area contributed by atoms with Crippen LogP contribution in [0.5, 0.6) is 0 Å². The minimum atomic E-state index is -0.344. The van der Waals surface area contributed by atoms with Crippen LogP contribution in [0.1, 0.15) is 37.2 Å². The van der Waals surface area contributed by atoms with Crippen LogP contribution in [0, 0.1) is 0 Å². The van der Waals surface area contributed by atoms with Gasteiger partial charge < -0.3 is 15.4 Å². The van der Waals surface area contributed by atoms with Crippen LogP contribution in [-0.4, -0.2) is 42.6 Å². The summed E-state index contributed by atoms with van der Waals surface area (Å²) in [7, 11) is 2.19. The van der Waals surface area contributed by atoms with E-state index in [1.165, 1.54) is 12.8 Å². The van der Waals surface area contributed by atoms with E-state index in [4.69, 9.17) is 10.5 Å². The number of rotatable bonds is 4. The fourth-order valence-electron chi connectivity index (χ4n) is 3.76. The van der Waals surface area contributed by atoms with Gasteiger partial charge in [0.1, 0.15) is 6.10 Å². The zero-order chi connectivity index (χ0) is 14.8. The highest BCUT2D eigenvalue weighted by Crippen LogP contribution is 2.36. The molecule has 2 heterocycles. The lowest BCUT2D eigenvalue weighted by Gasteiger charge is -2.36. The molecular formula is C17H26Cl2N2O2. The fourth-order valence-corrected chi connectivity index (χ4v) is 3.76. The van der Waals surface area contributed by atoms with Gasteiger partial charge in [-0.1, -0.05) is 30.3 Å². The van der Waals surface area contributed by atoms with Gasteiger partial charge in [0.05, 0.1) is 5.92 Å². The standard InChI is InChI=1S/C17H24N2O2.2ClH/c1-19-13-7-8-14(19)10-15(9-13)21-17(20)16(11-18)12-5-3-2-4-6-12;;/h2-6,13-16H,7-11,18H2,1H3;2*1H/t13-,14+,15+,16?;;. The highest BCUT2D eigenvalue weighted by molar-refractivity contribution is 5.85. The van der Waals surface area contributed by atoms with Crippen molar-refractivity contribution in [3.8, 4) is 0 Å². The molecule has 0 radical (unpaired) electrons. The van der Waals surface area contributed by atoms with Gasteiger partial charge in [0, 0.05) is 18.6 Å². The summed E-state index contributed by atoms with van der Waals surface area (Å²) in [5.41, 5.74) is 6.74. The SMILES string of the molecule is CN1[C@@H]2CC[C@H]1C[C@@H](OC(=O)C(CN)c1ccccc1)C2.Cl.Cl. The van der Waals surface area contributed by atoms with E-state index < -0.39 is 0 Å². The molecule has 1 unspecified atom stereocenters. The van der Waals surface area contributed by atoms with Crippen molar-refractivity contribution < 1.29 is 9.53 Å². The maximum Gasteiger partial charge on any atom is 0.314 e. The first-order valence-electron chi connectivity index (χ1n) is 7.86. The molecule has 0 amide bonds. The second-order valence-corrected chi connectivity index (χ2v) is 6.28. The third kappa shape index (κ3) is 4.38. The molecule has 1 aromatic carbocycles. The van der Waals surface area contributed by atoms with Crippen LogP contribution >= 0.6 is 24.8 Å². The van der Waals surface area contributed by atoms with E-state index in [0.717, 1.165) is 18.4 Å². The molecule has 130 valence electrons. The maximum absolute atomic E-state index is 12.4. The van der Waals surface area contributed by atoms with Gasteiger partial charge >= 0.3 is 5.97 Å². The summed E-state index contributed by atoms with van der Waals surface area (Å²) in [6.45, 7) is 0.294. The summed E-state index contributed by atoms with van der Waals surface area (Å²) in [5, 5.41) is 0. The summed E-state index contributed by atoms with van der Waals surface area (Å²) in [6.07, 6.45) is 4.45. The zero-order valence-corrected chi connectivity index (χ0v) is 15.0. The average Bonchev–Trinajstić information content (AvgIpc) is 2.72. The summed E-state index contributed by atoms with van der Waals surface area (Å²) >= 11 is 0. The topological polar surface area (TPSA) is 55.6 Å². The normalized spacial score (nSPS) is 27.5. The van der Waals surface area contributed by atoms with Crippen molar-refractivity contribution in [3.63, 3.8) is 0 Å². The molecule has 2 fully saturated rings.